The Kier molecular flexibility index (Phi) is 7.51. The second-order valence-corrected chi connectivity index (χ2v) is 9.65. The van der Waals surface area contributed by atoms with Crippen LogP contribution in [0.15, 0.2) is 69.8 Å². The minimum Gasteiger partial charge on any atom is -0.493 e. The fraction of sp³-hybridized carbons (Fsp3) is 0.120. The van der Waals surface area contributed by atoms with Crippen LogP contribution in [0.5, 0.6) is 11.5 Å². The number of halogens is 2. The number of carbonyl (C=O) groups is 1. The predicted molar refractivity (Wildman–Crippen MR) is 143 cm³/mol. The molecule has 0 saturated carbocycles. The van der Waals surface area contributed by atoms with Crippen LogP contribution in [0.4, 0.5) is 5.69 Å². The number of nitro groups is 1. The molecular formula is C25H18BrIN2O6. The third-order valence-electron chi connectivity index (χ3n) is 5.10. The molecule has 1 aliphatic heterocycles. The molecule has 0 fully saturated rings. The maximum atomic E-state index is 12.4. The monoisotopic (exact) mass is 648 g/mol. The second kappa shape index (κ2) is 10.6. The number of benzene rings is 3. The summed E-state index contributed by atoms with van der Waals surface area (Å²) < 4.78 is 18.5. The molecule has 0 atom stereocenters. The lowest BCUT2D eigenvalue weighted by atomic mass is 10.1. The topological polar surface area (TPSA) is 100 Å². The first-order chi connectivity index (χ1) is 16.7. The maximum absolute atomic E-state index is 12.4. The summed E-state index contributed by atoms with van der Waals surface area (Å²) in [5.41, 5.74) is 2.47. The number of aryl methyl sites for hydroxylation is 1. The first kappa shape index (κ1) is 24.9. The Bertz CT molecular complexity index is 1400. The van der Waals surface area contributed by atoms with Gasteiger partial charge in [-0.2, -0.15) is 0 Å². The first-order valence-electron chi connectivity index (χ1n) is 10.3. The highest BCUT2D eigenvalue weighted by Crippen LogP contribution is 2.38. The van der Waals surface area contributed by atoms with Gasteiger partial charge in [-0.25, -0.2) is 9.79 Å². The molecule has 1 heterocycles. The van der Waals surface area contributed by atoms with Crippen LogP contribution in [0.1, 0.15) is 22.3 Å². The van der Waals surface area contributed by atoms with Gasteiger partial charge in [0.05, 0.1) is 16.5 Å². The number of cyclic esters (lactones) is 1. The van der Waals surface area contributed by atoms with Crippen LogP contribution in [0.2, 0.25) is 0 Å². The van der Waals surface area contributed by atoms with Crippen molar-refractivity contribution in [2.45, 2.75) is 13.5 Å². The van der Waals surface area contributed by atoms with E-state index >= 15 is 0 Å². The molecule has 4 rings (SSSR count). The van der Waals surface area contributed by atoms with Crippen LogP contribution in [0.25, 0.3) is 6.08 Å². The Morgan fingerprint density at radius 2 is 2.00 bits per heavy atom. The van der Waals surface area contributed by atoms with Gasteiger partial charge in [-0.3, -0.25) is 10.1 Å². The number of rotatable bonds is 7. The Morgan fingerprint density at radius 3 is 2.71 bits per heavy atom. The number of methoxy groups -OCH3 is 1. The molecule has 0 saturated heterocycles. The SMILES string of the molecule is COc1cc(/C=C2\N=C(c3ccc(C)c([N+](=O)[O-])c3)OC2=O)cc(Br)c1OCc1cccc(I)c1. The molecule has 0 radical (unpaired) electrons. The summed E-state index contributed by atoms with van der Waals surface area (Å²) in [5, 5.41) is 11.2. The average molecular weight is 649 g/mol. The van der Waals surface area contributed by atoms with Gasteiger partial charge < -0.3 is 14.2 Å². The second-order valence-electron chi connectivity index (χ2n) is 7.55. The highest BCUT2D eigenvalue weighted by Gasteiger charge is 2.26. The number of aliphatic imine (C=N–C) groups is 1. The molecule has 0 amide bonds. The van der Waals surface area contributed by atoms with Crippen molar-refractivity contribution in [3.05, 3.63) is 101 Å². The van der Waals surface area contributed by atoms with Crippen molar-refractivity contribution in [3.8, 4) is 11.5 Å². The van der Waals surface area contributed by atoms with Crippen molar-refractivity contribution in [2.24, 2.45) is 4.99 Å². The van der Waals surface area contributed by atoms with Crippen molar-refractivity contribution < 1.29 is 23.9 Å². The fourth-order valence-corrected chi connectivity index (χ4v) is 4.56. The highest BCUT2D eigenvalue weighted by molar-refractivity contribution is 14.1. The number of carbonyl (C=O) groups excluding carboxylic acids is 1. The molecule has 1 aliphatic rings. The third kappa shape index (κ3) is 5.70. The van der Waals surface area contributed by atoms with Crippen LogP contribution in [0.3, 0.4) is 0 Å². The zero-order valence-corrected chi connectivity index (χ0v) is 22.3. The molecule has 0 bridgehead atoms. The van der Waals surface area contributed by atoms with Crippen LogP contribution < -0.4 is 9.47 Å². The molecule has 0 aromatic heterocycles. The summed E-state index contributed by atoms with van der Waals surface area (Å²) in [6.07, 6.45) is 1.55. The lowest BCUT2D eigenvalue weighted by Gasteiger charge is -2.14. The van der Waals surface area contributed by atoms with Crippen LogP contribution >= 0.6 is 38.5 Å². The van der Waals surface area contributed by atoms with Gasteiger partial charge in [-0.1, -0.05) is 18.2 Å². The van der Waals surface area contributed by atoms with Gasteiger partial charge in [0.1, 0.15) is 6.61 Å². The van der Waals surface area contributed by atoms with Crippen molar-refractivity contribution in [1.29, 1.82) is 0 Å². The number of esters is 1. The van der Waals surface area contributed by atoms with Gasteiger partial charge >= 0.3 is 5.97 Å². The standard InChI is InChI=1S/C25H18BrIN2O6/c1-14-6-7-17(12-21(14)29(31)32)24-28-20(25(30)35-24)10-16-9-19(26)23(22(11-16)33-2)34-13-15-4-3-5-18(27)8-15/h3-12H,13H2,1-2H3/b20-10-. The Hall–Kier alpha value is -3.25. The molecule has 10 heteroatoms. The lowest BCUT2D eigenvalue weighted by molar-refractivity contribution is -0.385. The van der Waals surface area contributed by atoms with Gasteiger partial charge in [-0.05, 0) is 93.0 Å². The lowest BCUT2D eigenvalue weighted by Crippen LogP contribution is -2.06. The summed E-state index contributed by atoms with van der Waals surface area (Å²) in [6.45, 7) is 1.99. The van der Waals surface area contributed by atoms with E-state index in [9.17, 15) is 14.9 Å². The van der Waals surface area contributed by atoms with Crippen molar-refractivity contribution in [3.63, 3.8) is 0 Å². The smallest absolute Gasteiger partial charge is 0.363 e. The fourth-order valence-electron chi connectivity index (χ4n) is 3.38. The zero-order valence-electron chi connectivity index (χ0n) is 18.6. The summed E-state index contributed by atoms with van der Waals surface area (Å²) in [6, 6.07) is 16.0. The quantitative estimate of drug-likeness (QED) is 0.0994. The van der Waals surface area contributed by atoms with Crippen molar-refractivity contribution in [2.75, 3.05) is 7.11 Å². The van der Waals surface area contributed by atoms with E-state index in [1.54, 1.807) is 37.3 Å². The number of nitrogens with zero attached hydrogens (tertiary/aromatic N) is 2. The van der Waals surface area contributed by atoms with E-state index < -0.39 is 10.9 Å². The van der Waals surface area contributed by atoms with Gasteiger partial charge in [-0.15, -0.1) is 0 Å². The average Bonchev–Trinajstić information content (AvgIpc) is 3.18. The zero-order chi connectivity index (χ0) is 25.1. The Balaban J connectivity index is 1.61. The normalized spacial score (nSPS) is 14.0. The highest BCUT2D eigenvalue weighted by atomic mass is 127. The molecular weight excluding hydrogens is 631 g/mol. The molecule has 35 heavy (non-hydrogen) atoms. The van der Waals surface area contributed by atoms with Crippen molar-refractivity contribution >= 4 is 62.2 Å². The van der Waals surface area contributed by atoms with Gasteiger partial charge in [0, 0.05) is 20.8 Å². The van der Waals surface area contributed by atoms with E-state index in [0.29, 0.717) is 39.3 Å². The van der Waals surface area contributed by atoms with Gasteiger partial charge in [0.15, 0.2) is 17.2 Å². The summed E-state index contributed by atoms with van der Waals surface area (Å²) in [7, 11) is 1.53. The van der Waals surface area contributed by atoms with E-state index in [1.807, 2.05) is 24.3 Å². The molecule has 0 unspecified atom stereocenters. The largest absolute Gasteiger partial charge is 0.493 e. The Morgan fingerprint density at radius 1 is 1.20 bits per heavy atom. The van der Waals surface area contributed by atoms with Crippen molar-refractivity contribution in [1.82, 2.24) is 0 Å². The summed E-state index contributed by atoms with van der Waals surface area (Å²) in [5.74, 6) is 0.352. The van der Waals surface area contributed by atoms with E-state index in [2.05, 4.69) is 43.5 Å². The molecule has 8 nitrogen and oxygen atoms in total. The van der Waals surface area contributed by atoms with E-state index in [1.165, 1.54) is 13.2 Å². The minimum absolute atomic E-state index is 0.00725. The third-order valence-corrected chi connectivity index (χ3v) is 6.36. The molecule has 0 spiro atoms. The van der Waals surface area contributed by atoms with E-state index in [4.69, 9.17) is 14.2 Å². The summed E-state index contributed by atoms with van der Waals surface area (Å²) in [4.78, 5) is 27.4. The number of nitro benzene ring substituents is 1. The molecule has 3 aromatic carbocycles. The number of ether oxygens (including phenoxy) is 3. The number of hydrogen-bond donors (Lipinski definition) is 0. The molecule has 0 N–H and O–H groups in total. The first-order valence-corrected chi connectivity index (χ1v) is 12.1. The minimum atomic E-state index is -0.655. The van der Waals surface area contributed by atoms with Crippen LogP contribution in [0, 0.1) is 20.6 Å². The van der Waals surface area contributed by atoms with Gasteiger partial charge in [0.2, 0.25) is 5.90 Å². The van der Waals surface area contributed by atoms with Crippen LogP contribution in [-0.4, -0.2) is 23.9 Å². The Labute approximate surface area is 223 Å². The van der Waals surface area contributed by atoms with Gasteiger partial charge in [0.25, 0.3) is 5.69 Å². The molecule has 178 valence electrons. The van der Waals surface area contributed by atoms with E-state index in [-0.39, 0.29) is 17.3 Å². The predicted octanol–water partition coefficient (Wildman–Crippen LogP) is 6.20. The number of hydrogen-bond acceptors (Lipinski definition) is 7. The van der Waals surface area contributed by atoms with Crippen LogP contribution in [-0.2, 0) is 16.1 Å². The van der Waals surface area contributed by atoms with E-state index in [0.717, 1.165) is 9.13 Å². The maximum Gasteiger partial charge on any atom is 0.363 e. The molecule has 3 aromatic rings. The summed E-state index contributed by atoms with van der Waals surface area (Å²) >= 11 is 5.76. The molecule has 0 aliphatic carbocycles.